The summed E-state index contributed by atoms with van der Waals surface area (Å²) in [4.78, 5) is 13.8. The molecule has 1 aromatic carbocycles. The maximum atomic E-state index is 12.8. The number of nitrogens with one attached hydrogen (secondary N) is 1. The van der Waals surface area contributed by atoms with Crippen molar-refractivity contribution < 1.29 is 13.9 Å². The van der Waals surface area contributed by atoms with Crippen LogP contribution in [0.5, 0.6) is 0 Å². The number of rotatable bonds is 4. The van der Waals surface area contributed by atoms with Gasteiger partial charge >= 0.3 is 0 Å². The third-order valence-corrected chi connectivity index (χ3v) is 3.17. The van der Waals surface area contributed by atoms with Gasteiger partial charge in [0.15, 0.2) is 0 Å². The molecule has 1 aliphatic heterocycles. The highest BCUT2D eigenvalue weighted by molar-refractivity contribution is 5.91. The number of carbonyl (C=O) groups excluding carboxylic acids is 1. The van der Waals surface area contributed by atoms with E-state index in [0.29, 0.717) is 19.7 Å². The van der Waals surface area contributed by atoms with Gasteiger partial charge < -0.3 is 15.0 Å². The fourth-order valence-electron chi connectivity index (χ4n) is 2.12. The molecule has 1 unspecified atom stereocenters. The first-order valence-corrected chi connectivity index (χ1v) is 6.68. The number of halogens is 1. The van der Waals surface area contributed by atoms with Crippen molar-refractivity contribution in [2.45, 2.75) is 6.10 Å². The Morgan fingerprint density at radius 3 is 2.95 bits per heavy atom. The summed E-state index contributed by atoms with van der Waals surface area (Å²) in [6.45, 7) is 2.48. The minimum absolute atomic E-state index is 0.0388. The van der Waals surface area contributed by atoms with Gasteiger partial charge in [0, 0.05) is 25.7 Å². The lowest BCUT2D eigenvalue weighted by atomic mass is 10.2. The second kappa shape index (κ2) is 7.17. The Bertz CT molecular complexity index is 471. The molecule has 20 heavy (non-hydrogen) atoms. The number of hydrogen-bond donors (Lipinski definition) is 1. The number of ether oxygens (including phenoxy) is 1. The van der Waals surface area contributed by atoms with E-state index in [-0.39, 0.29) is 17.8 Å². The minimum Gasteiger partial charge on any atom is -0.373 e. The Hall–Kier alpha value is -1.72. The van der Waals surface area contributed by atoms with Crippen molar-refractivity contribution in [2.24, 2.45) is 0 Å². The fraction of sp³-hybridized carbons (Fsp3) is 0.400. The smallest absolute Gasteiger partial charge is 0.246 e. The number of morpholine rings is 1. The van der Waals surface area contributed by atoms with Crippen LogP contribution in [0, 0.1) is 5.82 Å². The van der Waals surface area contributed by atoms with Crippen molar-refractivity contribution in [1.29, 1.82) is 0 Å². The molecule has 1 atom stereocenters. The Balaban J connectivity index is 1.92. The Morgan fingerprint density at radius 2 is 2.25 bits per heavy atom. The summed E-state index contributed by atoms with van der Waals surface area (Å²) in [5.74, 6) is -0.324. The average Bonchev–Trinajstić information content (AvgIpc) is 2.47. The Labute approximate surface area is 118 Å². The summed E-state index contributed by atoms with van der Waals surface area (Å²) in [6, 6.07) is 6.04. The molecular weight excluding hydrogens is 259 g/mol. The molecule has 1 heterocycles. The van der Waals surface area contributed by atoms with E-state index in [1.165, 1.54) is 18.2 Å². The van der Waals surface area contributed by atoms with Crippen molar-refractivity contribution in [2.75, 3.05) is 33.3 Å². The quantitative estimate of drug-likeness (QED) is 0.844. The molecule has 0 aliphatic carbocycles. The molecule has 1 N–H and O–H groups in total. The highest BCUT2D eigenvalue weighted by Gasteiger charge is 2.22. The molecule has 1 aliphatic rings. The van der Waals surface area contributed by atoms with Crippen LogP contribution in [0.4, 0.5) is 4.39 Å². The maximum Gasteiger partial charge on any atom is 0.246 e. The summed E-state index contributed by atoms with van der Waals surface area (Å²) in [7, 11) is 1.86. The van der Waals surface area contributed by atoms with Crippen LogP contribution < -0.4 is 5.32 Å². The summed E-state index contributed by atoms with van der Waals surface area (Å²) in [5, 5.41) is 3.04. The molecule has 2 rings (SSSR count). The van der Waals surface area contributed by atoms with Crippen LogP contribution in [-0.4, -0.2) is 50.2 Å². The summed E-state index contributed by atoms with van der Waals surface area (Å²) >= 11 is 0. The van der Waals surface area contributed by atoms with Crippen molar-refractivity contribution in [3.8, 4) is 0 Å². The fourth-order valence-corrected chi connectivity index (χ4v) is 2.12. The molecule has 1 fully saturated rings. The SMILES string of the molecule is CNCC1CN(C(=O)/C=C/c2ccc(F)cc2)CCO1. The minimum atomic E-state index is -0.281. The second-order valence-corrected chi connectivity index (χ2v) is 4.72. The van der Waals surface area contributed by atoms with Crippen LogP contribution in [0.15, 0.2) is 30.3 Å². The van der Waals surface area contributed by atoms with Crippen LogP contribution in [0.2, 0.25) is 0 Å². The number of amides is 1. The van der Waals surface area contributed by atoms with Crippen molar-refractivity contribution in [3.63, 3.8) is 0 Å². The summed E-state index contributed by atoms with van der Waals surface area (Å²) < 4.78 is 18.3. The topological polar surface area (TPSA) is 41.6 Å². The van der Waals surface area contributed by atoms with Crippen molar-refractivity contribution >= 4 is 12.0 Å². The highest BCUT2D eigenvalue weighted by Crippen LogP contribution is 2.08. The molecule has 0 spiro atoms. The zero-order valence-electron chi connectivity index (χ0n) is 11.5. The van der Waals surface area contributed by atoms with E-state index < -0.39 is 0 Å². The van der Waals surface area contributed by atoms with E-state index in [2.05, 4.69) is 5.32 Å². The van der Waals surface area contributed by atoms with Gasteiger partial charge in [-0.1, -0.05) is 12.1 Å². The van der Waals surface area contributed by atoms with Gasteiger partial charge in [-0.3, -0.25) is 4.79 Å². The van der Waals surface area contributed by atoms with Gasteiger partial charge in [0.25, 0.3) is 0 Å². The lowest BCUT2D eigenvalue weighted by Gasteiger charge is -2.32. The molecule has 1 saturated heterocycles. The zero-order chi connectivity index (χ0) is 14.4. The Morgan fingerprint density at radius 1 is 1.50 bits per heavy atom. The van der Waals surface area contributed by atoms with Gasteiger partial charge in [-0.2, -0.15) is 0 Å². The number of nitrogens with zero attached hydrogens (tertiary/aromatic N) is 1. The van der Waals surface area contributed by atoms with Crippen molar-refractivity contribution in [1.82, 2.24) is 10.2 Å². The Kier molecular flexibility index (Phi) is 5.26. The third kappa shape index (κ3) is 4.15. The first kappa shape index (κ1) is 14.7. The van der Waals surface area contributed by atoms with E-state index in [0.717, 1.165) is 12.1 Å². The summed E-state index contributed by atoms with van der Waals surface area (Å²) in [5.41, 5.74) is 0.805. The second-order valence-electron chi connectivity index (χ2n) is 4.72. The molecule has 5 heteroatoms. The van der Waals surface area contributed by atoms with Crippen LogP contribution in [0.25, 0.3) is 6.08 Å². The van der Waals surface area contributed by atoms with E-state index >= 15 is 0 Å². The number of likely N-dealkylation sites (N-methyl/N-ethyl adjacent to an activating group) is 1. The predicted molar refractivity (Wildman–Crippen MR) is 75.7 cm³/mol. The summed E-state index contributed by atoms with van der Waals surface area (Å²) in [6.07, 6.45) is 3.26. The molecule has 0 aromatic heterocycles. The average molecular weight is 278 g/mol. The molecule has 1 aromatic rings. The number of carbonyl (C=O) groups is 1. The first-order valence-electron chi connectivity index (χ1n) is 6.68. The van der Waals surface area contributed by atoms with E-state index in [4.69, 9.17) is 4.74 Å². The van der Waals surface area contributed by atoms with Crippen molar-refractivity contribution in [3.05, 3.63) is 41.7 Å². The van der Waals surface area contributed by atoms with E-state index in [1.54, 1.807) is 23.1 Å². The molecule has 108 valence electrons. The molecule has 0 saturated carbocycles. The van der Waals surface area contributed by atoms with Crippen LogP contribution >= 0.6 is 0 Å². The van der Waals surface area contributed by atoms with Gasteiger partial charge in [-0.25, -0.2) is 4.39 Å². The van der Waals surface area contributed by atoms with Gasteiger partial charge in [-0.05, 0) is 30.8 Å². The molecule has 4 nitrogen and oxygen atoms in total. The monoisotopic (exact) mass is 278 g/mol. The number of hydrogen-bond acceptors (Lipinski definition) is 3. The van der Waals surface area contributed by atoms with Gasteiger partial charge in [0.1, 0.15) is 5.82 Å². The predicted octanol–water partition coefficient (Wildman–Crippen LogP) is 1.29. The van der Waals surface area contributed by atoms with E-state index in [1.807, 2.05) is 7.05 Å². The van der Waals surface area contributed by atoms with Crippen LogP contribution in [0.3, 0.4) is 0 Å². The van der Waals surface area contributed by atoms with Crippen LogP contribution in [-0.2, 0) is 9.53 Å². The molecule has 0 radical (unpaired) electrons. The normalized spacial score (nSPS) is 19.5. The van der Waals surface area contributed by atoms with Gasteiger partial charge in [-0.15, -0.1) is 0 Å². The highest BCUT2D eigenvalue weighted by atomic mass is 19.1. The standard InChI is InChI=1S/C15H19FN2O2/c1-17-10-14-11-18(8-9-20-14)15(19)7-4-12-2-5-13(16)6-3-12/h2-7,14,17H,8-11H2,1H3/b7-4+. The zero-order valence-corrected chi connectivity index (χ0v) is 11.5. The van der Waals surface area contributed by atoms with Gasteiger partial charge in [0.2, 0.25) is 5.91 Å². The van der Waals surface area contributed by atoms with Crippen LogP contribution in [0.1, 0.15) is 5.56 Å². The lowest BCUT2D eigenvalue weighted by molar-refractivity contribution is -0.133. The first-order chi connectivity index (χ1) is 9.69. The molecular formula is C15H19FN2O2. The number of benzene rings is 1. The molecule has 1 amide bonds. The maximum absolute atomic E-state index is 12.8. The largest absolute Gasteiger partial charge is 0.373 e. The third-order valence-electron chi connectivity index (χ3n) is 3.17. The lowest BCUT2D eigenvalue weighted by Crippen LogP contribution is -2.48. The van der Waals surface area contributed by atoms with Gasteiger partial charge in [0.05, 0.1) is 12.7 Å². The molecule has 0 bridgehead atoms. The van der Waals surface area contributed by atoms with E-state index in [9.17, 15) is 9.18 Å².